The Labute approximate surface area is 182 Å². The summed E-state index contributed by atoms with van der Waals surface area (Å²) in [6, 6.07) is 7.70. The first kappa shape index (κ1) is 22.7. The van der Waals surface area contributed by atoms with Crippen molar-refractivity contribution in [3.63, 3.8) is 0 Å². The van der Waals surface area contributed by atoms with E-state index in [2.05, 4.69) is 15.3 Å². The summed E-state index contributed by atoms with van der Waals surface area (Å²) in [7, 11) is 3.85. The van der Waals surface area contributed by atoms with Crippen LogP contribution in [0, 0.1) is 0 Å². The summed E-state index contributed by atoms with van der Waals surface area (Å²) in [4.78, 5) is 24.7. The van der Waals surface area contributed by atoms with Gasteiger partial charge in [0.2, 0.25) is 0 Å². The van der Waals surface area contributed by atoms with Crippen LogP contribution in [-0.4, -0.2) is 48.1 Å². The molecule has 0 saturated carbocycles. The van der Waals surface area contributed by atoms with Crippen LogP contribution in [0.2, 0.25) is 0 Å². The number of carbonyl (C=O) groups is 1. The zero-order valence-corrected chi connectivity index (χ0v) is 17.9. The van der Waals surface area contributed by atoms with Gasteiger partial charge in [0, 0.05) is 29.9 Å². The van der Waals surface area contributed by atoms with Crippen LogP contribution in [0.5, 0.6) is 0 Å². The number of rotatable bonds is 7. The molecule has 3 rings (SSSR count). The molecule has 0 unspecified atom stereocenters. The normalized spacial score (nSPS) is 11.5. The number of amides is 2. The van der Waals surface area contributed by atoms with Crippen molar-refractivity contribution >= 4 is 28.2 Å². The molecule has 0 aliphatic heterocycles. The molecule has 164 valence electrons. The Morgan fingerprint density at radius 3 is 2.68 bits per heavy atom. The minimum Gasteiger partial charge on any atom is -0.337 e. The molecule has 0 aliphatic carbocycles. The number of benzene rings is 1. The Morgan fingerprint density at radius 1 is 1.19 bits per heavy atom. The molecule has 0 bridgehead atoms. The highest BCUT2D eigenvalue weighted by atomic mass is 32.1. The molecule has 1 aromatic carbocycles. The number of urea groups is 1. The molecule has 0 radical (unpaired) electrons. The van der Waals surface area contributed by atoms with Crippen molar-refractivity contribution in [3.05, 3.63) is 59.7 Å². The monoisotopic (exact) mass is 449 g/mol. The topological polar surface area (TPSA) is 61.4 Å². The molecule has 0 spiro atoms. The molecule has 3 aromatic rings. The Morgan fingerprint density at radius 2 is 2.00 bits per heavy atom. The molecule has 2 heterocycles. The first-order chi connectivity index (χ1) is 14.8. The van der Waals surface area contributed by atoms with Crippen LogP contribution in [0.4, 0.5) is 28.8 Å². The van der Waals surface area contributed by atoms with Gasteiger partial charge in [0.25, 0.3) is 0 Å². The fraction of sp³-hybridized carbons (Fsp3) is 0.286. The van der Waals surface area contributed by atoms with Gasteiger partial charge in [-0.2, -0.15) is 13.2 Å². The van der Waals surface area contributed by atoms with Gasteiger partial charge in [0.1, 0.15) is 0 Å². The maximum atomic E-state index is 13.2. The van der Waals surface area contributed by atoms with Crippen molar-refractivity contribution in [1.29, 1.82) is 0 Å². The van der Waals surface area contributed by atoms with Crippen molar-refractivity contribution in [3.8, 4) is 11.3 Å². The third-order valence-corrected chi connectivity index (χ3v) is 5.16. The summed E-state index contributed by atoms with van der Waals surface area (Å²) in [6.45, 7) is 1.15. The molecule has 10 heteroatoms. The number of anilines is 2. The van der Waals surface area contributed by atoms with Gasteiger partial charge in [-0.1, -0.05) is 6.07 Å². The van der Waals surface area contributed by atoms with E-state index in [1.807, 2.05) is 25.1 Å². The standard InChI is InChI=1S/C21H22F3N5OS/c1-28(2)11-5-10-26-19(30)29(17-8-3-7-16(12-17)21(22,23)24)20-27-18(14-31-20)15-6-4-9-25-13-15/h3-4,6-9,12-14H,5,10-11H2,1-2H3,(H,26,30). The lowest BCUT2D eigenvalue weighted by Crippen LogP contribution is -2.38. The molecule has 2 amide bonds. The summed E-state index contributed by atoms with van der Waals surface area (Å²) in [5.41, 5.74) is 0.595. The van der Waals surface area contributed by atoms with E-state index in [4.69, 9.17) is 0 Å². The van der Waals surface area contributed by atoms with Crippen molar-refractivity contribution in [1.82, 2.24) is 20.2 Å². The Hall–Kier alpha value is -2.98. The zero-order chi connectivity index (χ0) is 22.4. The quantitative estimate of drug-likeness (QED) is 0.515. The summed E-state index contributed by atoms with van der Waals surface area (Å²) in [5.74, 6) is 0. The van der Waals surface area contributed by atoms with Gasteiger partial charge in [0.15, 0.2) is 5.13 Å². The molecule has 0 atom stereocenters. The molecule has 2 aromatic heterocycles. The van der Waals surface area contributed by atoms with Crippen LogP contribution in [0.1, 0.15) is 12.0 Å². The number of hydrogen-bond acceptors (Lipinski definition) is 5. The average Bonchev–Trinajstić information content (AvgIpc) is 3.21. The maximum Gasteiger partial charge on any atom is 0.416 e. The summed E-state index contributed by atoms with van der Waals surface area (Å²) >= 11 is 1.17. The maximum absolute atomic E-state index is 13.2. The fourth-order valence-electron chi connectivity index (χ4n) is 2.82. The van der Waals surface area contributed by atoms with Gasteiger partial charge in [0.05, 0.1) is 16.9 Å². The third kappa shape index (κ3) is 6.02. The van der Waals surface area contributed by atoms with Crippen LogP contribution < -0.4 is 10.2 Å². The summed E-state index contributed by atoms with van der Waals surface area (Å²) in [5, 5.41) is 4.78. The van der Waals surface area contributed by atoms with E-state index in [9.17, 15) is 18.0 Å². The predicted molar refractivity (Wildman–Crippen MR) is 115 cm³/mol. The molecule has 0 saturated heterocycles. The number of thiazole rings is 1. The Bertz CT molecular complexity index is 1010. The zero-order valence-electron chi connectivity index (χ0n) is 17.1. The van der Waals surface area contributed by atoms with Gasteiger partial charge < -0.3 is 10.2 Å². The van der Waals surface area contributed by atoms with Crippen molar-refractivity contribution in [2.45, 2.75) is 12.6 Å². The van der Waals surface area contributed by atoms with Crippen LogP contribution in [-0.2, 0) is 6.18 Å². The fourth-order valence-corrected chi connectivity index (χ4v) is 3.67. The molecule has 31 heavy (non-hydrogen) atoms. The SMILES string of the molecule is CN(C)CCCNC(=O)N(c1cccc(C(F)(F)F)c1)c1nc(-c2cccnc2)cs1. The molecule has 0 fully saturated rings. The molecule has 1 N–H and O–H groups in total. The summed E-state index contributed by atoms with van der Waals surface area (Å²) < 4.78 is 39.7. The largest absolute Gasteiger partial charge is 0.416 e. The number of nitrogens with one attached hydrogen (secondary N) is 1. The lowest BCUT2D eigenvalue weighted by atomic mass is 10.2. The lowest BCUT2D eigenvalue weighted by Gasteiger charge is -2.22. The minimum absolute atomic E-state index is 0.0898. The van der Waals surface area contributed by atoms with Gasteiger partial charge in [-0.15, -0.1) is 11.3 Å². The van der Waals surface area contributed by atoms with Gasteiger partial charge in [-0.05, 0) is 57.4 Å². The average molecular weight is 450 g/mol. The van der Waals surface area contributed by atoms with Gasteiger partial charge in [-0.25, -0.2) is 14.7 Å². The van der Waals surface area contributed by atoms with Crippen molar-refractivity contribution in [2.24, 2.45) is 0 Å². The van der Waals surface area contributed by atoms with E-state index in [1.54, 1.807) is 23.8 Å². The molecular formula is C21H22F3N5OS. The van der Waals surface area contributed by atoms with E-state index >= 15 is 0 Å². The number of pyridine rings is 1. The number of halogens is 3. The van der Waals surface area contributed by atoms with Gasteiger partial charge in [-0.3, -0.25) is 4.98 Å². The van der Waals surface area contributed by atoms with Crippen molar-refractivity contribution in [2.75, 3.05) is 32.1 Å². The first-order valence-electron chi connectivity index (χ1n) is 9.51. The smallest absolute Gasteiger partial charge is 0.337 e. The number of aromatic nitrogens is 2. The lowest BCUT2D eigenvalue weighted by molar-refractivity contribution is -0.137. The molecule has 0 aliphatic rings. The Balaban J connectivity index is 1.92. The van der Waals surface area contributed by atoms with Crippen LogP contribution in [0.3, 0.4) is 0 Å². The van der Waals surface area contributed by atoms with Gasteiger partial charge >= 0.3 is 12.2 Å². The van der Waals surface area contributed by atoms with Crippen LogP contribution in [0.25, 0.3) is 11.3 Å². The number of hydrogen-bond donors (Lipinski definition) is 1. The van der Waals surface area contributed by atoms with Crippen LogP contribution >= 0.6 is 11.3 Å². The highest BCUT2D eigenvalue weighted by molar-refractivity contribution is 7.14. The first-order valence-corrected chi connectivity index (χ1v) is 10.4. The number of carbonyl (C=O) groups excluding carboxylic acids is 1. The van der Waals surface area contributed by atoms with E-state index in [-0.39, 0.29) is 10.8 Å². The van der Waals surface area contributed by atoms with E-state index in [1.165, 1.54) is 28.4 Å². The second kappa shape index (κ2) is 9.88. The van der Waals surface area contributed by atoms with E-state index in [0.717, 1.165) is 24.2 Å². The second-order valence-electron chi connectivity index (χ2n) is 7.03. The molecular weight excluding hydrogens is 427 g/mol. The second-order valence-corrected chi connectivity index (χ2v) is 7.87. The highest BCUT2D eigenvalue weighted by Crippen LogP contribution is 2.36. The summed E-state index contributed by atoms with van der Waals surface area (Å²) in [6.07, 6.45) is -0.552. The third-order valence-electron chi connectivity index (χ3n) is 4.33. The van der Waals surface area contributed by atoms with Crippen LogP contribution in [0.15, 0.2) is 54.2 Å². The molecule has 6 nitrogen and oxygen atoms in total. The van der Waals surface area contributed by atoms with Crippen molar-refractivity contribution < 1.29 is 18.0 Å². The number of alkyl halides is 3. The Kier molecular flexibility index (Phi) is 7.24. The highest BCUT2D eigenvalue weighted by Gasteiger charge is 2.32. The number of nitrogens with zero attached hydrogens (tertiary/aromatic N) is 4. The van der Waals surface area contributed by atoms with E-state index in [0.29, 0.717) is 18.7 Å². The predicted octanol–water partition coefficient (Wildman–Crippen LogP) is 5.02. The minimum atomic E-state index is -4.52. The van der Waals surface area contributed by atoms with E-state index < -0.39 is 17.8 Å².